The van der Waals surface area contributed by atoms with Crippen molar-refractivity contribution < 1.29 is 22.7 Å². The topological polar surface area (TPSA) is 92.8 Å². The third kappa shape index (κ3) is 5.32. The van der Waals surface area contributed by atoms with Crippen molar-refractivity contribution in [3.63, 3.8) is 0 Å². The van der Waals surface area contributed by atoms with Crippen LogP contribution in [0, 0.1) is 6.92 Å². The molecule has 1 aliphatic rings. The molecule has 0 saturated carbocycles. The summed E-state index contributed by atoms with van der Waals surface area (Å²) in [5.74, 6) is -0.938. The Morgan fingerprint density at radius 2 is 1.66 bits per heavy atom. The van der Waals surface area contributed by atoms with E-state index in [9.17, 15) is 18.0 Å². The zero-order valence-electron chi connectivity index (χ0n) is 19.7. The fraction of sp³-hybridized carbons (Fsp3) is 0.308. The van der Waals surface area contributed by atoms with Gasteiger partial charge in [0.05, 0.1) is 11.5 Å². The number of rotatable bonds is 7. The van der Waals surface area contributed by atoms with Crippen molar-refractivity contribution in [2.75, 3.05) is 25.0 Å². The Morgan fingerprint density at radius 1 is 1.00 bits per heavy atom. The summed E-state index contributed by atoms with van der Waals surface area (Å²) in [6.45, 7) is 4.87. The lowest BCUT2D eigenvalue weighted by Crippen LogP contribution is -2.35. The Labute approximate surface area is 209 Å². The number of carbonyl (C=O) groups excluding carboxylic acids is 2. The number of sulfonamides is 1. The van der Waals surface area contributed by atoms with E-state index in [-0.39, 0.29) is 11.5 Å². The summed E-state index contributed by atoms with van der Waals surface area (Å²) < 4.78 is 32.6. The van der Waals surface area contributed by atoms with E-state index < -0.39 is 21.9 Å². The van der Waals surface area contributed by atoms with Gasteiger partial charge in [-0.1, -0.05) is 36.8 Å². The number of piperidine rings is 1. The summed E-state index contributed by atoms with van der Waals surface area (Å²) in [6.07, 6.45) is 2.74. The van der Waals surface area contributed by atoms with Crippen LogP contribution in [0.3, 0.4) is 0 Å². The minimum atomic E-state index is -3.58. The molecule has 2 aromatic carbocycles. The molecule has 1 aromatic heterocycles. The number of nitrogens with zero attached hydrogens (tertiary/aromatic N) is 1. The predicted molar refractivity (Wildman–Crippen MR) is 137 cm³/mol. The van der Waals surface area contributed by atoms with E-state index in [2.05, 4.69) is 5.32 Å². The van der Waals surface area contributed by atoms with Gasteiger partial charge in [0.2, 0.25) is 10.0 Å². The number of thiophene rings is 1. The second-order valence-corrected chi connectivity index (χ2v) is 11.4. The van der Waals surface area contributed by atoms with Gasteiger partial charge in [-0.05, 0) is 56.5 Å². The van der Waals surface area contributed by atoms with Gasteiger partial charge in [-0.2, -0.15) is 4.31 Å². The Kier molecular flexibility index (Phi) is 7.69. The molecular formula is C26H28N2O5S2. The fourth-order valence-electron chi connectivity index (χ4n) is 4.19. The van der Waals surface area contributed by atoms with Gasteiger partial charge in [-0.15, -0.1) is 11.3 Å². The second-order valence-electron chi connectivity index (χ2n) is 8.27. The SMILES string of the molecule is CCOC(=O)c1c(NC(=O)c2ccc(S(=O)(=O)N3CCCCC3)cc2)sc(C)c1-c1ccccc1. The molecule has 0 aliphatic carbocycles. The first-order chi connectivity index (χ1) is 16.8. The number of carbonyl (C=O) groups is 2. The van der Waals surface area contributed by atoms with Crippen LogP contribution < -0.4 is 5.32 Å². The number of anilines is 1. The van der Waals surface area contributed by atoms with Crippen molar-refractivity contribution in [2.24, 2.45) is 0 Å². The lowest BCUT2D eigenvalue weighted by atomic mass is 10.0. The van der Waals surface area contributed by atoms with E-state index in [4.69, 9.17) is 4.74 Å². The number of hydrogen-bond donors (Lipinski definition) is 1. The van der Waals surface area contributed by atoms with E-state index in [1.165, 1.54) is 39.9 Å². The monoisotopic (exact) mass is 512 g/mol. The van der Waals surface area contributed by atoms with Gasteiger partial charge >= 0.3 is 5.97 Å². The molecule has 9 heteroatoms. The standard InChI is InChI=1S/C26H28N2O5S2/c1-3-33-26(30)23-22(19-10-6-4-7-11-19)18(2)34-25(23)27-24(29)20-12-14-21(15-13-20)35(31,32)28-16-8-5-9-17-28/h4,6-7,10-15H,3,5,8-9,16-17H2,1-2H3,(H,27,29). The highest BCUT2D eigenvalue weighted by Crippen LogP contribution is 2.40. The molecule has 1 N–H and O–H groups in total. The highest BCUT2D eigenvalue weighted by atomic mass is 32.2. The Morgan fingerprint density at radius 3 is 2.29 bits per heavy atom. The predicted octanol–water partition coefficient (Wildman–Crippen LogP) is 5.33. The van der Waals surface area contributed by atoms with Gasteiger partial charge in [0, 0.05) is 29.1 Å². The van der Waals surface area contributed by atoms with Crippen molar-refractivity contribution in [3.8, 4) is 11.1 Å². The van der Waals surface area contributed by atoms with E-state index in [0.717, 1.165) is 35.3 Å². The molecule has 2 heterocycles. The summed E-state index contributed by atoms with van der Waals surface area (Å²) >= 11 is 1.30. The van der Waals surface area contributed by atoms with Crippen LogP contribution in [-0.4, -0.2) is 44.3 Å². The van der Waals surface area contributed by atoms with Crippen molar-refractivity contribution in [1.82, 2.24) is 4.31 Å². The van der Waals surface area contributed by atoms with Crippen LogP contribution in [0.5, 0.6) is 0 Å². The molecular weight excluding hydrogens is 484 g/mol. The number of benzene rings is 2. The average molecular weight is 513 g/mol. The molecule has 0 atom stereocenters. The molecule has 1 aliphatic heterocycles. The van der Waals surface area contributed by atoms with Crippen molar-refractivity contribution >= 4 is 38.2 Å². The van der Waals surface area contributed by atoms with Gasteiger partial charge < -0.3 is 10.1 Å². The highest BCUT2D eigenvalue weighted by molar-refractivity contribution is 7.89. The van der Waals surface area contributed by atoms with Gasteiger partial charge in [0.15, 0.2) is 0 Å². The number of ether oxygens (including phenoxy) is 1. The number of amides is 1. The summed E-state index contributed by atoms with van der Waals surface area (Å²) in [4.78, 5) is 26.9. The maximum Gasteiger partial charge on any atom is 0.341 e. The molecule has 35 heavy (non-hydrogen) atoms. The maximum absolute atomic E-state index is 13.1. The van der Waals surface area contributed by atoms with E-state index >= 15 is 0 Å². The minimum absolute atomic E-state index is 0.168. The first-order valence-corrected chi connectivity index (χ1v) is 13.9. The highest BCUT2D eigenvalue weighted by Gasteiger charge is 2.27. The van der Waals surface area contributed by atoms with Crippen LogP contribution in [0.15, 0.2) is 59.5 Å². The Balaban J connectivity index is 1.61. The molecule has 0 unspecified atom stereocenters. The first kappa shape index (κ1) is 25.1. The molecule has 0 spiro atoms. The van der Waals surface area contributed by atoms with Crippen LogP contribution in [0.25, 0.3) is 11.1 Å². The lowest BCUT2D eigenvalue weighted by molar-refractivity contribution is 0.0529. The van der Waals surface area contributed by atoms with E-state index in [0.29, 0.717) is 29.2 Å². The Hall–Kier alpha value is -3.01. The average Bonchev–Trinajstić information content (AvgIpc) is 3.20. The number of esters is 1. The quantitative estimate of drug-likeness (QED) is 0.432. The number of nitrogens with one attached hydrogen (secondary N) is 1. The fourth-order valence-corrected chi connectivity index (χ4v) is 6.77. The van der Waals surface area contributed by atoms with Crippen molar-refractivity contribution in [1.29, 1.82) is 0 Å². The largest absolute Gasteiger partial charge is 0.462 e. The summed E-state index contributed by atoms with van der Waals surface area (Å²) in [5, 5.41) is 3.24. The third-order valence-electron chi connectivity index (χ3n) is 5.92. The van der Waals surface area contributed by atoms with E-state index in [1.807, 2.05) is 37.3 Å². The zero-order valence-corrected chi connectivity index (χ0v) is 21.4. The first-order valence-electron chi connectivity index (χ1n) is 11.6. The normalized spacial score (nSPS) is 14.5. The van der Waals surface area contributed by atoms with Gasteiger partial charge in [0.1, 0.15) is 10.6 Å². The zero-order chi connectivity index (χ0) is 25.0. The van der Waals surface area contributed by atoms with Crippen LogP contribution >= 0.6 is 11.3 Å². The molecule has 1 fully saturated rings. The molecule has 1 amide bonds. The van der Waals surface area contributed by atoms with Gasteiger partial charge in [0.25, 0.3) is 5.91 Å². The molecule has 184 valence electrons. The Bertz CT molecular complexity index is 1310. The minimum Gasteiger partial charge on any atom is -0.462 e. The molecule has 1 saturated heterocycles. The van der Waals surface area contributed by atoms with Gasteiger partial charge in [-0.25, -0.2) is 13.2 Å². The van der Waals surface area contributed by atoms with Gasteiger partial charge in [-0.3, -0.25) is 4.79 Å². The van der Waals surface area contributed by atoms with Crippen molar-refractivity contribution in [3.05, 3.63) is 70.6 Å². The number of aryl methyl sites for hydroxylation is 1. The summed E-state index contributed by atoms with van der Waals surface area (Å²) in [6, 6.07) is 15.4. The molecule has 0 bridgehead atoms. The summed E-state index contributed by atoms with van der Waals surface area (Å²) in [5.41, 5.74) is 2.20. The second kappa shape index (κ2) is 10.7. The van der Waals surface area contributed by atoms with Crippen LogP contribution in [0.4, 0.5) is 5.00 Å². The molecule has 3 aromatic rings. The lowest BCUT2D eigenvalue weighted by Gasteiger charge is -2.25. The third-order valence-corrected chi connectivity index (χ3v) is 8.86. The van der Waals surface area contributed by atoms with E-state index in [1.54, 1.807) is 6.92 Å². The molecule has 7 nitrogen and oxygen atoms in total. The molecule has 0 radical (unpaired) electrons. The maximum atomic E-state index is 13.1. The van der Waals surface area contributed by atoms with Crippen LogP contribution in [0.2, 0.25) is 0 Å². The number of hydrogen-bond acceptors (Lipinski definition) is 6. The van der Waals surface area contributed by atoms with Crippen LogP contribution in [-0.2, 0) is 14.8 Å². The van der Waals surface area contributed by atoms with Crippen LogP contribution in [0.1, 0.15) is 51.8 Å². The summed E-state index contributed by atoms with van der Waals surface area (Å²) in [7, 11) is -3.58. The smallest absolute Gasteiger partial charge is 0.341 e. The molecule has 4 rings (SSSR count). The van der Waals surface area contributed by atoms with Crippen molar-refractivity contribution in [2.45, 2.75) is 38.0 Å².